The Morgan fingerprint density at radius 2 is 0.722 bits per heavy atom. The number of carbonyl (C=O) groups is 6. The lowest BCUT2D eigenvalue weighted by Gasteiger charge is -2.47. The number of esters is 4. The van der Waals surface area contributed by atoms with Gasteiger partial charge in [0.25, 0.3) is 0 Å². The van der Waals surface area contributed by atoms with Crippen LogP contribution in [0.1, 0.15) is 64.2 Å². The number of hydrogen-bond donors (Lipinski definition) is 0. The maximum absolute atomic E-state index is 14.0. The van der Waals surface area contributed by atoms with Crippen molar-refractivity contribution in [3.05, 3.63) is 0 Å². The van der Waals surface area contributed by atoms with Gasteiger partial charge in [-0.25, -0.2) is 0 Å². The van der Waals surface area contributed by atoms with E-state index in [1.54, 1.807) is 0 Å². The standard InChI is InChI=1S/C26H36O10/c1-33-21(29)15-19(27)16(22(30)34-2)26-14-12-10-8-6-5-7-9-11-13-25(15,26)17(23(31)35-3)20(28)18(26)24(32)36-4/h15-18H,5-14H2,1-4H3. The number of methoxy groups -OCH3 is 4. The Bertz CT molecular complexity index is 796. The average molecular weight is 509 g/mol. The first kappa shape index (κ1) is 27.8. The number of carbonyl (C=O) groups excluding carboxylic acids is 6. The summed E-state index contributed by atoms with van der Waals surface area (Å²) in [5, 5.41) is 0. The normalized spacial score (nSPS) is 34.9. The highest BCUT2D eigenvalue weighted by Crippen LogP contribution is 2.74. The van der Waals surface area contributed by atoms with Crippen LogP contribution in [0.5, 0.6) is 0 Å². The van der Waals surface area contributed by atoms with Gasteiger partial charge in [-0.15, -0.1) is 0 Å². The predicted molar refractivity (Wildman–Crippen MR) is 123 cm³/mol. The van der Waals surface area contributed by atoms with Crippen LogP contribution in [0.25, 0.3) is 0 Å². The van der Waals surface area contributed by atoms with E-state index in [2.05, 4.69) is 0 Å². The highest BCUT2D eigenvalue weighted by Gasteiger charge is 2.85. The van der Waals surface area contributed by atoms with Gasteiger partial charge < -0.3 is 18.9 Å². The molecule has 0 aliphatic heterocycles. The van der Waals surface area contributed by atoms with E-state index in [1.807, 2.05) is 0 Å². The molecule has 4 unspecified atom stereocenters. The van der Waals surface area contributed by atoms with Gasteiger partial charge in [-0.2, -0.15) is 0 Å². The summed E-state index contributed by atoms with van der Waals surface area (Å²) in [6.45, 7) is 0. The first-order chi connectivity index (χ1) is 17.2. The van der Waals surface area contributed by atoms with Gasteiger partial charge in [0, 0.05) is 10.8 Å². The maximum Gasteiger partial charge on any atom is 0.316 e. The Morgan fingerprint density at radius 1 is 0.500 bits per heavy atom. The number of ketones is 2. The summed E-state index contributed by atoms with van der Waals surface area (Å²) in [6.07, 6.45) is 6.43. The summed E-state index contributed by atoms with van der Waals surface area (Å²) in [5.41, 5.74) is -3.39. The van der Waals surface area contributed by atoms with Crippen molar-refractivity contribution < 1.29 is 47.7 Å². The van der Waals surface area contributed by atoms with E-state index in [0.29, 0.717) is 12.8 Å². The lowest BCUT2D eigenvalue weighted by atomic mass is 9.53. The van der Waals surface area contributed by atoms with Gasteiger partial charge in [-0.05, 0) is 12.8 Å². The molecule has 0 spiro atoms. The molecule has 4 atom stereocenters. The summed E-state index contributed by atoms with van der Waals surface area (Å²) in [5.74, 6) is -11.8. The van der Waals surface area contributed by atoms with E-state index in [1.165, 1.54) is 0 Å². The van der Waals surface area contributed by atoms with E-state index in [-0.39, 0.29) is 12.8 Å². The molecule has 0 aromatic carbocycles. The maximum atomic E-state index is 14.0. The van der Waals surface area contributed by atoms with Gasteiger partial charge in [-0.3, -0.25) is 28.8 Å². The minimum absolute atomic E-state index is 0.0883. The Hall–Kier alpha value is -2.78. The Kier molecular flexibility index (Phi) is 8.56. The zero-order valence-electron chi connectivity index (χ0n) is 21.5. The molecule has 3 rings (SSSR count). The van der Waals surface area contributed by atoms with Crippen LogP contribution in [0.2, 0.25) is 0 Å². The quantitative estimate of drug-likeness (QED) is 0.315. The molecule has 0 radical (unpaired) electrons. The monoisotopic (exact) mass is 508 g/mol. The highest BCUT2D eigenvalue weighted by atomic mass is 16.5. The number of hydrogen-bond acceptors (Lipinski definition) is 10. The van der Waals surface area contributed by atoms with Crippen molar-refractivity contribution in [2.24, 2.45) is 34.5 Å². The van der Waals surface area contributed by atoms with Gasteiger partial charge in [0.1, 0.15) is 23.7 Å². The van der Waals surface area contributed by atoms with Crippen LogP contribution in [0.15, 0.2) is 0 Å². The SMILES string of the molecule is COC(=O)C1C(=O)C(C(=O)OC)C23CCCCCCCCCCC12C(C(=O)OC)C(=O)C3C(=O)OC. The molecule has 0 aromatic heterocycles. The predicted octanol–water partition coefficient (Wildman–Crippen LogP) is 2.20. The van der Waals surface area contributed by atoms with Gasteiger partial charge >= 0.3 is 23.9 Å². The molecule has 3 aliphatic carbocycles. The smallest absolute Gasteiger partial charge is 0.316 e. The van der Waals surface area contributed by atoms with E-state index in [0.717, 1.165) is 67.0 Å². The van der Waals surface area contributed by atoms with Gasteiger partial charge in [-0.1, -0.05) is 51.4 Å². The van der Waals surface area contributed by atoms with Crippen LogP contribution < -0.4 is 0 Å². The van der Waals surface area contributed by atoms with Gasteiger partial charge in [0.15, 0.2) is 11.6 Å². The van der Waals surface area contributed by atoms with Crippen LogP contribution in [0, 0.1) is 34.5 Å². The lowest BCUT2D eigenvalue weighted by molar-refractivity contribution is -0.171. The van der Waals surface area contributed by atoms with Crippen molar-refractivity contribution >= 4 is 35.4 Å². The molecule has 200 valence electrons. The Labute approximate surface area is 210 Å². The number of Topliss-reactive ketones (excluding diaryl/α,β-unsaturated/α-hetero) is 2. The first-order valence-corrected chi connectivity index (χ1v) is 12.6. The third-order valence-electron chi connectivity index (χ3n) is 8.74. The second-order valence-corrected chi connectivity index (χ2v) is 10.0. The van der Waals surface area contributed by atoms with Crippen LogP contribution in [0.4, 0.5) is 0 Å². The fraction of sp³-hybridized carbons (Fsp3) is 0.769. The fourth-order valence-corrected chi connectivity index (χ4v) is 7.47. The molecule has 0 saturated heterocycles. The molecule has 0 bridgehead atoms. The van der Waals surface area contributed by atoms with Crippen LogP contribution >= 0.6 is 0 Å². The summed E-state index contributed by atoms with van der Waals surface area (Å²) in [7, 11) is 4.43. The molecule has 36 heavy (non-hydrogen) atoms. The highest BCUT2D eigenvalue weighted by molar-refractivity contribution is 6.20. The summed E-state index contributed by atoms with van der Waals surface area (Å²) in [4.78, 5) is 81.1. The Balaban J connectivity index is 2.45. The van der Waals surface area contributed by atoms with E-state index < -0.39 is 69.9 Å². The topological polar surface area (TPSA) is 139 Å². The molecule has 3 fully saturated rings. The molecule has 10 heteroatoms. The number of rotatable bonds is 4. The molecule has 10 nitrogen and oxygen atoms in total. The van der Waals surface area contributed by atoms with Gasteiger partial charge in [0.2, 0.25) is 0 Å². The fourth-order valence-electron chi connectivity index (χ4n) is 7.47. The van der Waals surface area contributed by atoms with E-state index in [9.17, 15) is 28.8 Å². The summed E-state index contributed by atoms with van der Waals surface area (Å²) in [6, 6.07) is 0. The van der Waals surface area contributed by atoms with Crippen LogP contribution in [-0.2, 0) is 47.7 Å². The van der Waals surface area contributed by atoms with E-state index in [4.69, 9.17) is 18.9 Å². The minimum Gasteiger partial charge on any atom is -0.468 e. The molecule has 0 heterocycles. The average Bonchev–Trinajstić information content (AvgIpc) is 3.20. The van der Waals surface area contributed by atoms with Crippen molar-refractivity contribution in [1.29, 1.82) is 0 Å². The lowest BCUT2D eigenvalue weighted by Crippen LogP contribution is -2.52. The largest absolute Gasteiger partial charge is 0.468 e. The second-order valence-electron chi connectivity index (χ2n) is 10.0. The molecule has 0 aromatic rings. The van der Waals surface area contributed by atoms with Crippen molar-refractivity contribution in [2.75, 3.05) is 28.4 Å². The second kappa shape index (κ2) is 11.1. The molecule has 3 aliphatic rings. The van der Waals surface area contributed by atoms with Crippen molar-refractivity contribution in [3.8, 4) is 0 Å². The molecular weight excluding hydrogens is 472 g/mol. The molecular formula is C26H36O10. The summed E-state index contributed by atoms with van der Waals surface area (Å²) < 4.78 is 20.1. The zero-order valence-corrected chi connectivity index (χ0v) is 21.5. The van der Waals surface area contributed by atoms with Crippen LogP contribution in [0.3, 0.4) is 0 Å². The van der Waals surface area contributed by atoms with E-state index >= 15 is 0 Å². The first-order valence-electron chi connectivity index (χ1n) is 12.6. The van der Waals surface area contributed by atoms with Crippen molar-refractivity contribution in [3.63, 3.8) is 0 Å². The minimum atomic E-state index is -1.70. The molecule has 0 N–H and O–H groups in total. The zero-order chi connectivity index (χ0) is 26.7. The van der Waals surface area contributed by atoms with Gasteiger partial charge in [0.05, 0.1) is 28.4 Å². The Morgan fingerprint density at radius 3 is 0.944 bits per heavy atom. The summed E-state index contributed by atoms with van der Waals surface area (Å²) >= 11 is 0. The van der Waals surface area contributed by atoms with Crippen molar-refractivity contribution in [1.82, 2.24) is 0 Å². The number of ether oxygens (including phenoxy) is 4. The third-order valence-corrected chi connectivity index (χ3v) is 8.74. The molecule has 0 amide bonds. The van der Waals surface area contributed by atoms with Crippen LogP contribution in [-0.4, -0.2) is 63.9 Å². The third kappa shape index (κ3) is 3.93. The molecule has 3 saturated carbocycles. The van der Waals surface area contributed by atoms with Crippen molar-refractivity contribution in [2.45, 2.75) is 64.2 Å².